The lowest BCUT2D eigenvalue weighted by Crippen LogP contribution is -2.45. The number of morpholine rings is 1. The van der Waals surface area contributed by atoms with Crippen LogP contribution in [0.2, 0.25) is 0 Å². The lowest BCUT2D eigenvalue weighted by Gasteiger charge is -2.31. The van der Waals surface area contributed by atoms with Gasteiger partial charge in [-0.05, 0) is 6.54 Å². The highest BCUT2D eigenvalue weighted by Crippen LogP contribution is 2.05. The predicted octanol–water partition coefficient (Wildman–Crippen LogP) is -1.00. The van der Waals surface area contributed by atoms with Gasteiger partial charge in [-0.25, -0.2) is 13.6 Å². The van der Waals surface area contributed by atoms with Crippen LogP contribution in [0.15, 0.2) is 0 Å². The van der Waals surface area contributed by atoms with Gasteiger partial charge in [-0.15, -0.1) is 0 Å². The van der Waals surface area contributed by atoms with E-state index in [1.807, 2.05) is 6.92 Å². The van der Waals surface area contributed by atoms with Crippen LogP contribution in [0.3, 0.4) is 0 Å². The molecule has 1 fully saturated rings. The number of hydrogen-bond acceptors (Lipinski definition) is 4. The molecular weight excluding hydrogens is 192 g/mol. The van der Waals surface area contributed by atoms with Gasteiger partial charge in [0.05, 0.1) is 18.5 Å². The average molecular weight is 208 g/mol. The number of primary sulfonamides is 1. The highest BCUT2D eigenvalue weighted by Gasteiger charge is 2.22. The van der Waals surface area contributed by atoms with Crippen LogP contribution in [0, 0.1) is 0 Å². The first-order chi connectivity index (χ1) is 6.01. The first-order valence-electron chi connectivity index (χ1n) is 4.35. The van der Waals surface area contributed by atoms with Gasteiger partial charge >= 0.3 is 0 Å². The second-order valence-electron chi connectivity index (χ2n) is 3.22. The molecule has 1 aliphatic heterocycles. The Balaban J connectivity index is 2.43. The van der Waals surface area contributed by atoms with Crippen molar-refractivity contribution >= 4 is 10.0 Å². The van der Waals surface area contributed by atoms with E-state index in [1.165, 1.54) is 0 Å². The Morgan fingerprint density at radius 2 is 2.31 bits per heavy atom. The summed E-state index contributed by atoms with van der Waals surface area (Å²) in [5.74, 6) is -0.0799. The molecule has 1 heterocycles. The van der Waals surface area contributed by atoms with Crippen molar-refractivity contribution in [1.29, 1.82) is 0 Å². The van der Waals surface area contributed by atoms with Crippen LogP contribution in [0.4, 0.5) is 0 Å². The molecule has 0 aromatic heterocycles. The zero-order valence-electron chi connectivity index (χ0n) is 7.77. The van der Waals surface area contributed by atoms with Gasteiger partial charge in [0.25, 0.3) is 0 Å². The number of hydrogen-bond donors (Lipinski definition) is 1. The standard InChI is InChI=1S/C7H16N2O3S/c1-2-9-3-4-12-7(5-9)6-13(8,10)11/h7H,2-6H2,1H3,(H2,8,10,11). The van der Waals surface area contributed by atoms with E-state index in [2.05, 4.69) is 4.90 Å². The fourth-order valence-electron chi connectivity index (χ4n) is 1.43. The molecule has 1 aliphatic rings. The summed E-state index contributed by atoms with van der Waals surface area (Å²) in [6, 6.07) is 0. The second-order valence-corrected chi connectivity index (χ2v) is 4.87. The quantitative estimate of drug-likeness (QED) is 0.645. The van der Waals surface area contributed by atoms with E-state index >= 15 is 0 Å². The minimum atomic E-state index is -3.41. The molecule has 6 heteroatoms. The van der Waals surface area contributed by atoms with E-state index in [-0.39, 0.29) is 11.9 Å². The van der Waals surface area contributed by atoms with E-state index < -0.39 is 10.0 Å². The normalized spacial score (nSPS) is 26.2. The molecule has 0 bridgehead atoms. The Hall–Kier alpha value is -0.170. The van der Waals surface area contributed by atoms with Crippen molar-refractivity contribution in [3.8, 4) is 0 Å². The predicted molar refractivity (Wildman–Crippen MR) is 49.8 cm³/mol. The number of nitrogens with two attached hydrogens (primary N) is 1. The molecule has 0 aromatic carbocycles. The van der Waals surface area contributed by atoms with Crippen molar-refractivity contribution in [2.45, 2.75) is 13.0 Å². The van der Waals surface area contributed by atoms with Gasteiger partial charge in [-0.2, -0.15) is 0 Å². The third kappa shape index (κ3) is 4.04. The maximum Gasteiger partial charge on any atom is 0.211 e. The zero-order chi connectivity index (χ0) is 9.90. The fourth-order valence-corrected chi connectivity index (χ4v) is 2.15. The summed E-state index contributed by atoms with van der Waals surface area (Å²) in [6.07, 6.45) is -0.260. The van der Waals surface area contributed by atoms with E-state index in [0.29, 0.717) is 13.2 Å². The lowest BCUT2D eigenvalue weighted by molar-refractivity contribution is -0.0145. The lowest BCUT2D eigenvalue weighted by atomic mass is 10.3. The molecule has 1 unspecified atom stereocenters. The maximum absolute atomic E-state index is 10.8. The van der Waals surface area contributed by atoms with Crippen LogP contribution in [0.5, 0.6) is 0 Å². The molecule has 0 radical (unpaired) electrons. The molecule has 2 N–H and O–H groups in total. The summed E-state index contributed by atoms with van der Waals surface area (Å²) < 4.78 is 26.8. The molecule has 5 nitrogen and oxygen atoms in total. The summed E-state index contributed by atoms with van der Waals surface area (Å²) in [6.45, 7) is 5.09. The van der Waals surface area contributed by atoms with Gasteiger partial charge < -0.3 is 4.74 Å². The van der Waals surface area contributed by atoms with Crippen LogP contribution < -0.4 is 5.14 Å². The van der Waals surface area contributed by atoms with E-state index in [0.717, 1.165) is 13.1 Å². The zero-order valence-corrected chi connectivity index (χ0v) is 8.59. The summed E-state index contributed by atoms with van der Waals surface area (Å²) in [5, 5.41) is 4.93. The van der Waals surface area contributed by atoms with E-state index in [1.54, 1.807) is 0 Å². The molecule has 0 saturated carbocycles. The number of rotatable bonds is 3. The Kier molecular flexibility index (Phi) is 3.66. The monoisotopic (exact) mass is 208 g/mol. The Morgan fingerprint density at radius 3 is 2.85 bits per heavy atom. The number of likely N-dealkylation sites (N-methyl/N-ethyl adjacent to an activating group) is 1. The molecular formula is C7H16N2O3S. The van der Waals surface area contributed by atoms with Crippen molar-refractivity contribution in [3.05, 3.63) is 0 Å². The Bertz CT molecular complexity index is 252. The first kappa shape index (κ1) is 10.9. The molecule has 0 aliphatic carbocycles. The maximum atomic E-state index is 10.8. The van der Waals surface area contributed by atoms with Crippen LogP contribution in [-0.4, -0.2) is 51.4 Å². The summed E-state index contributed by atoms with van der Waals surface area (Å²) in [4.78, 5) is 2.15. The average Bonchev–Trinajstić information content (AvgIpc) is 2.01. The summed E-state index contributed by atoms with van der Waals surface area (Å²) in [7, 11) is -3.41. The Labute approximate surface area is 78.9 Å². The van der Waals surface area contributed by atoms with Crippen LogP contribution in [-0.2, 0) is 14.8 Å². The molecule has 0 spiro atoms. The minimum absolute atomic E-state index is 0.0799. The molecule has 78 valence electrons. The van der Waals surface area contributed by atoms with Gasteiger partial charge in [0.2, 0.25) is 10.0 Å². The highest BCUT2D eigenvalue weighted by atomic mass is 32.2. The molecule has 0 aromatic rings. The SMILES string of the molecule is CCN1CCOC(CS(N)(=O)=O)C1. The molecule has 1 saturated heterocycles. The van der Waals surface area contributed by atoms with Gasteiger partial charge in [0.1, 0.15) is 0 Å². The van der Waals surface area contributed by atoms with Crippen molar-refractivity contribution in [2.24, 2.45) is 5.14 Å². The van der Waals surface area contributed by atoms with E-state index in [4.69, 9.17) is 9.88 Å². The third-order valence-electron chi connectivity index (χ3n) is 2.09. The van der Waals surface area contributed by atoms with Gasteiger partial charge in [-0.1, -0.05) is 6.92 Å². The molecule has 1 atom stereocenters. The van der Waals surface area contributed by atoms with Crippen LogP contribution in [0.25, 0.3) is 0 Å². The van der Waals surface area contributed by atoms with Gasteiger partial charge in [0, 0.05) is 13.1 Å². The minimum Gasteiger partial charge on any atom is -0.374 e. The van der Waals surface area contributed by atoms with E-state index in [9.17, 15) is 8.42 Å². The van der Waals surface area contributed by atoms with Crippen molar-refractivity contribution in [1.82, 2.24) is 4.90 Å². The second kappa shape index (κ2) is 4.36. The number of sulfonamides is 1. The van der Waals surface area contributed by atoms with Crippen LogP contribution >= 0.6 is 0 Å². The summed E-state index contributed by atoms with van der Waals surface area (Å²) in [5.41, 5.74) is 0. The molecule has 1 rings (SSSR count). The van der Waals surface area contributed by atoms with Crippen molar-refractivity contribution < 1.29 is 13.2 Å². The highest BCUT2D eigenvalue weighted by molar-refractivity contribution is 7.89. The molecule has 13 heavy (non-hydrogen) atoms. The fraction of sp³-hybridized carbons (Fsp3) is 1.00. The van der Waals surface area contributed by atoms with Crippen molar-refractivity contribution in [3.63, 3.8) is 0 Å². The number of nitrogens with zero attached hydrogens (tertiary/aromatic N) is 1. The third-order valence-corrected chi connectivity index (χ3v) is 2.92. The smallest absolute Gasteiger partial charge is 0.211 e. The van der Waals surface area contributed by atoms with Crippen molar-refractivity contribution in [2.75, 3.05) is 32.0 Å². The number of ether oxygens (including phenoxy) is 1. The summed E-state index contributed by atoms with van der Waals surface area (Å²) >= 11 is 0. The largest absolute Gasteiger partial charge is 0.374 e. The molecule has 0 amide bonds. The Morgan fingerprint density at radius 1 is 1.62 bits per heavy atom. The topological polar surface area (TPSA) is 72.6 Å². The van der Waals surface area contributed by atoms with Crippen LogP contribution in [0.1, 0.15) is 6.92 Å². The first-order valence-corrected chi connectivity index (χ1v) is 6.07. The van der Waals surface area contributed by atoms with Gasteiger partial charge in [0.15, 0.2) is 0 Å². The van der Waals surface area contributed by atoms with Gasteiger partial charge in [-0.3, -0.25) is 4.90 Å².